The highest BCUT2D eigenvalue weighted by Crippen LogP contribution is 2.41. The molecule has 0 amide bonds. The van der Waals surface area contributed by atoms with Gasteiger partial charge in [-0.25, -0.2) is 0 Å². The van der Waals surface area contributed by atoms with Crippen LogP contribution in [0.2, 0.25) is 23.2 Å². The minimum atomic E-state index is -2.72. The van der Waals surface area contributed by atoms with Gasteiger partial charge >= 0.3 is 5.97 Å². The minimum Gasteiger partial charge on any atom is -0.481 e. The molecule has 0 unspecified atom stereocenters. The Hall–Kier alpha value is -1.78. The summed E-state index contributed by atoms with van der Waals surface area (Å²) in [7, 11) is -4.81. The Balaban J connectivity index is 1.92. The highest BCUT2D eigenvalue weighted by Gasteiger charge is 2.51. The maximum absolute atomic E-state index is 11.8. The van der Waals surface area contributed by atoms with Crippen molar-refractivity contribution in [2.24, 2.45) is 5.92 Å². The molecule has 0 saturated carbocycles. The first-order valence-electron chi connectivity index (χ1n) is 13.9. The van der Waals surface area contributed by atoms with Crippen LogP contribution in [0.15, 0.2) is 60.7 Å². The van der Waals surface area contributed by atoms with Crippen molar-refractivity contribution >= 4 is 33.0 Å². The lowest BCUT2D eigenvalue weighted by atomic mass is 9.90. The molecular formula is C31H48O5Si2. The zero-order chi connectivity index (χ0) is 28.4. The van der Waals surface area contributed by atoms with Crippen LogP contribution in [0.5, 0.6) is 0 Å². The van der Waals surface area contributed by atoms with Crippen molar-refractivity contribution < 1.29 is 23.5 Å². The van der Waals surface area contributed by atoms with Crippen LogP contribution in [0, 0.1) is 5.92 Å². The maximum Gasteiger partial charge on any atom is 0.306 e. The molecule has 0 radical (unpaired) electrons. The number of benzene rings is 2. The first-order valence-corrected chi connectivity index (χ1v) is 18.7. The van der Waals surface area contributed by atoms with Crippen molar-refractivity contribution in [3.63, 3.8) is 0 Å². The largest absolute Gasteiger partial charge is 0.481 e. The molecule has 210 valence electrons. The zero-order valence-electron chi connectivity index (χ0n) is 24.8. The quantitative estimate of drug-likeness (QED) is 0.372. The van der Waals surface area contributed by atoms with Gasteiger partial charge in [-0.05, 0) is 45.9 Å². The second-order valence-electron chi connectivity index (χ2n) is 13.4. The molecule has 1 aliphatic rings. The molecule has 0 bridgehead atoms. The van der Waals surface area contributed by atoms with Crippen molar-refractivity contribution in [3.05, 3.63) is 60.7 Å². The lowest BCUT2D eigenvalue weighted by Crippen LogP contribution is -2.67. The Morgan fingerprint density at radius 1 is 0.895 bits per heavy atom. The van der Waals surface area contributed by atoms with E-state index >= 15 is 0 Å². The topological polar surface area (TPSA) is 65.0 Å². The third kappa shape index (κ3) is 6.68. The van der Waals surface area contributed by atoms with Crippen LogP contribution in [0.1, 0.15) is 61.3 Å². The maximum atomic E-state index is 11.8. The van der Waals surface area contributed by atoms with E-state index in [4.69, 9.17) is 13.6 Å². The van der Waals surface area contributed by atoms with Gasteiger partial charge in [-0.15, -0.1) is 0 Å². The molecule has 0 spiro atoms. The van der Waals surface area contributed by atoms with Crippen molar-refractivity contribution in [1.29, 1.82) is 0 Å². The second kappa shape index (κ2) is 11.8. The summed E-state index contributed by atoms with van der Waals surface area (Å²) in [6.07, 6.45) is -0.238. The second-order valence-corrected chi connectivity index (χ2v) is 22.5. The summed E-state index contributed by atoms with van der Waals surface area (Å²) < 4.78 is 20.5. The number of ether oxygens (including phenoxy) is 1. The number of hydrogen-bond donors (Lipinski definition) is 1. The molecule has 2 aromatic rings. The van der Waals surface area contributed by atoms with Crippen LogP contribution in [0.25, 0.3) is 0 Å². The highest BCUT2D eigenvalue weighted by molar-refractivity contribution is 6.99. The van der Waals surface area contributed by atoms with Gasteiger partial charge in [0.15, 0.2) is 8.32 Å². The zero-order valence-corrected chi connectivity index (χ0v) is 26.8. The summed E-state index contributed by atoms with van der Waals surface area (Å²) in [5, 5.41) is 12.1. The van der Waals surface area contributed by atoms with Gasteiger partial charge in [-0.1, -0.05) is 109 Å². The smallest absolute Gasteiger partial charge is 0.306 e. The van der Waals surface area contributed by atoms with Crippen LogP contribution >= 0.6 is 0 Å². The first kappa shape index (κ1) is 30.8. The Morgan fingerprint density at radius 3 is 1.82 bits per heavy atom. The third-order valence-corrected chi connectivity index (χ3v) is 18.0. The predicted molar refractivity (Wildman–Crippen MR) is 160 cm³/mol. The van der Waals surface area contributed by atoms with Crippen molar-refractivity contribution in [2.45, 2.75) is 103 Å². The highest BCUT2D eigenvalue weighted by atomic mass is 28.4. The van der Waals surface area contributed by atoms with E-state index < -0.39 is 28.7 Å². The monoisotopic (exact) mass is 556 g/mol. The summed E-state index contributed by atoms with van der Waals surface area (Å²) in [6, 6.07) is 21.2. The van der Waals surface area contributed by atoms with E-state index in [1.165, 1.54) is 10.4 Å². The van der Waals surface area contributed by atoms with E-state index in [0.29, 0.717) is 6.61 Å². The average Bonchev–Trinajstić information content (AvgIpc) is 2.81. The fraction of sp³-hybridized carbons (Fsp3) is 0.581. The van der Waals surface area contributed by atoms with Gasteiger partial charge in [0.25, 0.3) is 8.32 Å². The van der Waals surface area contributed by atoms with Gasteiger partial charge in [-0.2, -0.15) is 0 Å². The molecule has 1 saturated heterocycles. The van der Waals surface area contributed by atoms with Gasteiger partial charge in [-0.3, -0.25) is 4.79 Å². The Labute approximate surface area is 232 Å². The number of rotatable bonds is 9. The van der Waals surface area contributed by atoms with Gasteiger partial charge in [0.1, 0.15) is 0 Å². The SMILES string of the molecule is C[C@H]1C[C@H](O[Si](C)(C)C(C)(C)C)[C@@H](CC(=O)O)O[C@H]1CO[Si](c1ccccc1)(c1ccccc1)C(C)(C)C. The van der Waals surface area contributed by atoms with Crippen LogP contribution in [0.3, 0.4) is 0 Å². The van der Waals surface area contributed by atoms with E-state index in [-0.39, 0.29) is 34.6 Å². The fourth-order valence-corrected chi connectivity index (χ4v) is 11.2. The number of carboxylic acids is 1. The van der Waals surface area contributed by atoms with E-state index in [1.807, 2.05) is 12.1 Å². The molecule has 0 aromatic heterocycles. The number of aliphatic carboxylic acids is 1. The van der Waals surface area contributed by atoms with Gasteiger partial charge in [0.05, 0.1) is 31.3 Å². The standard InChI is InChI=1S/C31H48O5Si2/c1-23-20-27(36-37(8,9)30(2,3)4)26(21-29(32)33)35-28(23)22-34-38(31(5,6)7,24-16-12-10-13-17-24)25-18-14-11-15-19-25/h10-19,23,26-28H,20-22H2,1-9H3,(H,32,33)/t23-,26+,27-,28-/m0/s1. The molecule has 3 rings (SSSR count). The van der Waals surface area contributed by atoms with Gasteiger partial charge in [0, 0.05) is 0 Å². The summed E-state index contributed by atoms with van der Waals surface area (Å²) in [5.74, 6) is -0.687. The molecule has 5 nitrogen and oxygen atoms in total. The lowest BCUT2D eigenvalue weighted by molar-refractivity contribution is -0.164. The van der Waals surface area contributed by atoms with E-state index in [2.05, 4.69) is 110 Å². The van der Waals surface area contributed by atoms with Crippen molar-refractivity contribution in [3.8, 4) is 0 Å². The van der Waals surface area contributed by atoms with Crippen molar-refractivity contribution in [2.75, 3.05) is 6.61 Å². The molecule has 2 aromatic carbocycles. The summed E-state index contributed by atoms with van der Waals surface area (Å²) >= 11 is 0. The summed E-state index contributed by atoms with van der Waals surface area (Å²) in [5.41, 5.74) is 0. The Morgan fingerprint density at radius 2 is 1.39 bits per heavy atom. The van der Waals surface area contributed by atoms with E-state index in [9.17, 15) is 9.90 Å². The fourth-order valence-electron chi connectivity index (χ4n) is 5.32. The molecule has 1 heterocycles. The third-order valence-electron chi connectivity index (χ3n) is 8.51. The van der Waals surface area contributed by atoms with Gasteiger partial charge in [0.2, 0.25) is 0 Å². The van der Waals surface area contributed by atoms with E-state index in [1.54, 1.807) is 0 Å². The number of hydrogen-bond acceptors (Lipinski definition) is 4. The molecular weight excluding hydrogens is 509 g/mol. The number of carbonyl (C=O) groups is 1. The molecule has 0 aliphatic carbocycles. The van der Waals surface area contributed by atoms with Crippen LogP contribution in [-0.4, -0.2) is 52.6 Å². The lowest BCUT2D eigenvalue weighted by Gasteiger charge is -2.47. The Bertz CT molecular complexity index is 1000. The molecule has 7 heteroatoms. The van der Waals surface area contributed by atoms with Crippen LogP contribution < -0.4 is 10.4 Å². The molecule has 1 fully saturated rings. The summed E-state index contributed by atoms with van der Waals surface area (Å²) in [4.78, 5) is 11.8. The normalized spacial score (nSPS) is 23.3. The first-order chi connectivity index (χ1) is 17.6. The van der Waals surface area contributed by atoms with Gasteiger partial charge < -0.3 is 18.7 Å². The Kier molecular flexibility index (Phi) is 9.52. The van der Waals surface area contributed by atoms with E-state index in [0.717, 1.165) is 6.42 Å². The molecule has 4 atom stereocenters. The summed E-state index contributed by atoms with van der Waals surface area (Å²) in [6.45, 7) is 20.4. The minimum absolute atomic E-state index is 0.0350. The van der Waals surface area contributed by atoms with Crippen LogP contribution in [-0.2, 0) is 18.4 Å². The average molecular weight is 557 g/mol. The number of carboxylic acid groups (broad SMARTS) is 1. The predicted octanol–water partition coefficient (Wildman–Crippen LogP) is 6.22. The molecule has 38 heavy (non-hydrogen) atoms. The molecule has 1 N–H and O–H groups in total. The van der Waals surface area contributed by atoms with Crippen molar-refractivity contribution in [1.82, 2.24) is 0 Å². The molecule has 1 aliphatic heterocycles. The van der Waals surface area contributed by atoms with Crippen LogP contribution in [0.4, 0.5) is 0 Å².